The molecule has 156 valence electrons. The molecule has 3 aromatic rings. The lowest BCUT2D eigenvalue weighted by atomic mass is 10.2. The fraction of sp³-hybridized carbons (Fsp3) is 0.261. The molecule has 0 unspecified atom stereocenters. The van der Waals surface area contributed by atoms with Crippen molar-refractivity contribution in [3.8, 4) is 17.4 Å². The van der Waals surface area contributed by atoms with Crippen molar-refractivity contribution in [1.82, 2.24) is 20.6 Å². The number of aromatic nitrogens is 2. The van der Waals surface area contributed by atoms with Crippen LogP contribution < -0.4 is 20.1 Å². The quantitative estimate of drug-likeness (QED) is 0.415. The maximum absolute atomic E-state index is 5.86. The summed E-state index contributed by atoms with van der Waals surface area (Å²) in [5.74, 6) is 2.78. The SMILES string of the molecule is CCNC(=NCc1ccnc(Oc2ccc(OCC)cc2)c1)NCc1ccccn1. The first-order valence-corrected chi connectivity index (χ1v) is 10.0. The molecule has 0 spiro atoms. The lowest BCUT2D eigenvalue weighted by molar-refractivity contribution is 0.339. The summed E-state index contributed by atoms with van der Waals surface area (Å²) in [5, 5.41) is 6.54. The first-order valence-electron chi connectivity index (χ1n) is 10.0. The van der Waals surface area contributed by atoms with Crippen molar-refractivity contribution in [1.29, 1.82) is 0 Å². The molecule has 2 heterocycles. The zero-order valence-corrected chi connectivity index (χ0v) is 17.3. The Morgan fingerprint density at radius 1 is 0.933 bits per heavy atom. The predicted octanol–water partition coefficient (Wildman–Crippen LogP) is 3.92. The Morgan fingerprint density at radius 2 is 1.77 bits per heavy atom. The molecule has 0 bridgehead atoms. The average Bonchev–Trinajstić information content (AvgIpc) is 2.78. The molecular weight excluding hydrogens is 378 g/mol. The van der Waals surface area contributed by atoms with E-state index in [1.165, 1.54) is 0 Å². The van der Waals surface area contributed by atoms with Crippen LogP contribution in [0.15, 0.2) is 72.0 Å². The second-order valence-electron chi connectivity index (χ2n) is 6.38. The zero-order chi connectivity index (χ0) is 21.0. The van der Waals surface area contributed by atoms with Crippen molar-refractivity contribution in [3.05, 3.63) is 78.2 Å². The number of hydrogen-bond donors (Lipinski definition) is 2. The van der Waals surface area contributed by atoms with Gasteiger partial charge in [0.25, 0.3) is 0 Å². The van der Waals surface area contributed by atoms with Crippen LogP contribution in [0.4, 0.5) is 0 Å². The molecule has 0 radical (unpaired) electrons. The Labute approximate surface area is 177 Å². The molecule has 0 saturated heterocycles. The Bertz CT molecular complexity index is 930. The third-order valence-electron chi connectivity index (χ3n) is 4.08. The number of aliphatic imine (C=N–C) groups is 1. The number of nitrogens with one attached hydrogen (secondary N) is 2. The number of benzene rings is 1. The topological polar surface area (TPSA) is 80.7 Å². The molecule has 0 atom stereocenters. The second kappa shape index (κ2) is 11.4. The monoisotopic (exact) mass is 405 g/mol. The van der Waals surface area contributed by atoms with E-state index in [4.69, 9.17) is 9.47 Å². The number of ether oxygens (including phenoxy) is 2. The summed E-state index contributed by atoms with van der Waals surface area (Å²) >= 11 is 0. The van der Waals surface area contributed by atoms with Crippen LogP contribution in [0.2, 0.25) is 0 Å². The van der Waals surface area contributed by atoms with Crippen molar-refractivity contribution < 1.29 is 9.47 Å². The van der Waals surface area contributed by atoms with Gasteiger partial charge in [-0.05, 0) is 61.9 Å². The fourth-order valence-electron chi connectivity index (χ4n) is 2.69. The smallest absolute Gasteiger partial charge is 0.219 e. The Hall–Kier alpha value is -3.61. The highest BCUT2D eigenvalue weighted by Crippen LogP contribution is 2.23. The van der Waals surface area contributed by atoms with E-state index >= 15 is 0 Å². The molecule has 7 nitrogen and oxygen atoms in total. The predicted molar refractivity (Wildman–Crippen MR) is 118 cm³/mol. The maximum Gasteiger partial charge on any atom is 0.219 e. The summed E-state index contributed by atoms with van der Waals surface area (Å²) in [5.41, 5.74) is 1.96. The number of rotatable bonds is 9. The van der Waals surface area contributed by atoms with Crippen LogP contribution in [0, 0.1) is 0 Å². The molecule has 0 amide bonds. The number of guanidine groups is 1. The Kier molecular flexibility index (Phi) is 8.02. The number of hydrogen-bond acceptors (Lipinski definition) is 5. The van der Waals surface area contributed by atoms with Crippen LogP contribution in [-0.4, -0.2) is 29.1 Å². The van der Waals surface area contributed by atoms with E-state index in [0.717, 1.165) is 29.5 Å². The molecule has 0 fully saturated rings. The van der Waals surface area contributed by atoms with Crippen LogP contribution in [0.5, 0.6) is 17.4 Å². The van der Waals surface area contributed by atoms with Crippen molar-refractivity contribution >= 4 is 5.96 Å². The van der Waals surface area contributed by atoms with Crippen molar-refractivity contribution in [2.45, 2.75) is 26.9 Å². The summed E-state index contributed by atoms with van der Waals surface area (Å²) in [6.07, 6.45) is 3.51. The lowest BCUT2D eigenvalue weighted by Gasteiger charge is -2.11. The van der Waals surface area contributed by atoms with E-state index in [1.807, 2.05) is 68.4 Å². The maximum atomic E-state index is 5.86. The molecule has 2 aromatic heterocycles. The molecule has 1 aromatic carbocycles. The minimum Gasteiger partial charge on any atom is -0.494 e. The van der Waals surface area contributed by atoms with Gasteiger partial charge in [-0.1, -0.05) is 6.07 Å². The summed E-state index contributed by atoms with van der Waals surface area (Å²) in [4.78, 5) is 13.3. The standard InChI is InChI=1S/C23H27N5O2/c1-3-24-23(28-17-19-7-5-6-13-25-19)27-16-18-12-14-26-22(15-18)30-21-10-8-20(9-11-21)29-4-2/h5-15H,3-4,16-17H2,1-2H3,(H2,24,27,28). The highest BCUT2D eigenvalue weighted by molar-refractivity contribution is 5.79. The summed E-state index contributed by atoms with van der Waals surface area (Å²) in [6, 6.07) is 17.1. The highest BCUT2D eigenvalue weighted by Gasteiger charge is 2.03. The van der Waals surface area contributed by atoms with Gasteiger partial charge in [-0.25, -0.2) is 9.98 Å². The van der Waals surface area contributed by atoms with Crippen LogP contribution in [0.25, 0.3) is 0 Å². The number of pyridine rings is 2. The first-order chi connectivity index (χ1) is 14.8. The van der Waals surface area contributed by atoms with Gasteiger partial charge < -0.3 is 20.1 Å². The van der Waals surface area contributed by atoms with Gasteiger partial charge in [0, 0.05) is 25.0 Å². The zero-order valence-electron chi connectivity index (χ0n) is 17.3. The van der Waals surface area contributed by atoms with Gasteiger partial charge >= 0.3 is 0 Å². The van der Waals surface area contributed by atoms with E-state index < -0.39 is 0 Å². The summed E-state index contributed by atoms with van der Waals surface area (Å²) in [6.45, 7) is 6.51. The van der Waals surface area contributed by atoms with E-state index in [2.05, 4.69) is 25.6 Å². The molecule has 0 aliphatic heterocycles. The fourth-order valence-corrected chi connectivity index (χ4v) is 2.69. The first kappa shape index (κ1) is 21.1. The molecule has 0 aliphatic carbocycles. The normalized spacial score (nSPS) is 11.1. The van der Waals surface area contributed by atoms with Crippen molar-refractivity contribution in [3.63, 3.8) is 0 Å². The van der Waals surface area contributed by atoms with E-state index in [0.29, 0.717) is 31.3 Å². The van der Waals surface area contributed by atoms with Crippen LogP contribution in [0.1, 0.15) is 25.1 Å². The summed E-state index contributed by atoms with van der Waals surface area (Å²) < 4.78 is 11.3. The van der Waals surface area contributed by atoms with Gasteiger partial charge in [-0.2, -0.15) is 0 Å². The van der Waals surface area contributed by atoms with E-state index in [9.17, 15) is 0 Å². The summed E-state index contributed by atoms with van der Waals surface area (Å²) in [7, 11) is 0. The lowest BCUT2D eigenvalue weighted by Crippen LogP contribution is -2.37. The average molecular weight is 406 g/mol. The molecule has 3 rings (SSSR count). The van der Waals surface area contributed by atoms with E-state index in [-0.39, 0.29) is 0 Å². The minimum absolute atomic E-state index is 0.500. The third kappa shape index (κ3) is 6.77. The van der Waals surface area contributed by atoms with E-state index in [1.54, 1.807) is 12.4 Å². The second-order valence-corrected chi connectivity index (χ2v) is 6.38. The largest absolute Gasteiger partial charge is 0.494 e. The van der Waals surface area contributed by atoms with Gasteiger partial charge in [0.05, 0.1) is 25.4 Å². The van der Waals surface area contributed by atoms with Crippen LogP contribution in [-0.2, 0) is 13.1 Å². The highest BCUT2D eigenvalue weighted by atomic mass is 16.5. The van der Waals surface area contributed by atoms with Gasteiger partial charge in [0.2, 0.25) is 5.88 Å². The molecule has 0 saturated carbocycles. The van der Waals surface area contributed by atoms with Crippen LogP contribution in [0.3, 0.4) is 0 Å². The number of nitrogens with zero attached hydrogens (tertiary/aromatic N) is 3. The van der Waals surface area contributed by atoms with Crippen molar-refractivity contribution in [2.24, 2.45) is 4.99 Å². The van der Waals surface area contributed by atoms with Gasteiger partial charge in [0.15, 0.2) is 5.96 Å². The van der Waals surface area contributed by atoms with Gasteiger partial charge in [0.1, 0.15) is 11.5 Å². The molecule has 7 heteroatoms. The van der Waals surface area contributed by atoms with Crippen molar-refractivity contribution in [2.75, 3.05) is 13.2 Å². The molecule has 30 heavy (non-hydrogen) atoms. The van der Waals surface area contributed by atoms with Gasteiger partial charge in [-0.3, -0.25) is 4.98 Å². The minimum atomic E-state index is 0.500. The Balaban J connectivity index is 1.60. The molecule has 0 aliphatic rings. The molecule has 2 N–H and O–H groups in total. The Morgan fingerprint density at radius 3 is 2.50 bits per heavy atom. The third-order valence-corrected chi connectivity index (χ3v) is 4.08. The molecular formula is C23H27N5O2. The van der Waals surface area contributed by atoms with Crippen LogP contribution >= 0.6 is 0 Å². The van der Waals surface area contributed by atoms with Gasteiger partial charge in [-0.15, -0.1) is 0 Å².